The van der Waals surface area contributed by atoms with Crippen LogP contribution in [0, 0.1) is 0 Å². The number of hydrogen-bond donors (Lipinski definition) is 0. The first kappa shape index (κ1) is 18.4. The molecule has 0 aliphatic heterocycles. The molecule has 0 heterocycles. The van der Waals surface area contributed by atoms with Gasteiger partial charge in [0.25, 0.3) is 0 Å². The highest BCUT2D eigenvalue weighted by molar-refractivity contribution is 6.44. The summed E-state index contributed by atoms with van der Waals surface area (Å²) in [4.78, 5) is 17.1. The molecule has 0 N–H and O–H groups in total. The summed E-state index contributed by atoms with van der Waals surface area (Å²) in [7, 11) is 0. The Morgan fingerprint density at radius 1 is 1.04 bits per heavy atom. The summed E-state index contributed by atoms with van der Waals surface area (Å²) in [6.07, 6.45) is -4.11. The average Bonchev–Trinajstić information content (AvgIpc) is 2.60. The number of carbonyl (C=O) groups excluding carboxylic acids is 1. The SMILES string of the molecule is C/C(=N\OCc1ccccc1)C(=O)/C=C(/c1ccccc1)C(F)(F)F. The van der Waals surface area contributed by atoms with E-state index in [1.165, 1.54) is 31.2 Å². The highest BCUT2D eigenvalue weighted by Gasteiger charge is 2.35. The Hall–Kier alpha value is -2.89. The molecule has 25 heavy (non-hydrogen) atoms. The summed E-state index contributed by atoms with van der Waals surface area (Å²) in [6, 6.07) is 16.2. The second-order valence-corrected chi connectivity index (χ2v) is 5.22. The quantitative estimate of drug-likeness (QED) is 0.428. The van der Waals surface area contributed by atoms with Crippen LogP contribution in [-0.4, -0.2) is 17.7 Å². The maximum atomic E-state index is 13.2. The second-order valence-electron chi connectivity index (χ2n) is 5.22. The van der Waals surface area contributed by atoms with E-state index in [4.69, 9.17) is 4.84 Å². The zero-order valence-corrected chi connectivity index (χ0v) is 13.5. The highest BCUT2D eigenvalue weighted by Crippen LogP contribution is 2.33. The predicted molar refractivity (Wildman–Crippen MR) is 89.8 cm³/mol. The Balaban J connectivity index is 2.13. The first-order valence-electron chi connectivity index (χ1n) is 7.47. The van der Waals surface area contributed by atoms with Gasteiger partial charge in [0.2, 0.25) is 5.78 Å². The van der Waals surface area contributed by atoms with E-state index in [2.05, 4.69) is 5.16 Å². The fraction of sp³-hybridized carbons (Fsp3) is 0.158. The van der Waals surface area contributed by atoms with Gasteiger partial charge >= 0.3 is 6.18 Å². The summed E-state index contributed by atoms with van der Waals surface area (Å²) in [5, 5.41) is 3.60. The lowest BCUT2D eigenvalue weighted by atomic mass is 10.0. The highest BCUT2D eigenvalue weighted by atomic mass is 19.4. The number of benzene rings is 2. The van der Waals surface area contributed by atoms with E-state index < -0.39 is 17.5 Å². The second kappa shape index (κ2) is 8.28. The zero-order valence-electron chi connectivity index (χ0n) is 13.5. The van der Waals surface area contributed by atoms with Gasteiger partial charge in [-0.2, -0.15) is 13.2 Å². The van der Waals surface area contributed by atoms with E-state index in [0.717, 1.165) is 5.56 Å². The van der Waals surface area contributed by atoms with E-state index in [1.54, 1.807) is 6.07 Å². The largest absolute Gasteiger partial charge is 0.417 e. The number of halogens is 3. The van der Waals surface area contributed by atoms with Crippen LogP contribution < -0.4 is 0 Å². The third-order valence-corrected chi connectivity index (χ3v) is 3.30. The minimum Gasteiger partial charge on any atom is -0.391 e. The Kier molecular flexibility index (Phi) is 6.11. The first-order valence-corrected chi connectivity index (χ1v) is 7.47. The Morgan fingerprint density at radius 2 is 1.60 bits per heavy atom. The number of hydrogen-bond acceptors (Lipinski definition) is 3. The van der Waals surface area contributed by atoms with Gasteiger partial charge in [-0.25, -0.2) is 0 Å². The van der Waals surface area contributed by atoms with Gasteiger partial charge in [-0.05, 0) is 18.1 Å². The topological polar surface area (TPSA) is 38.7 Å². The number of carbonyl (C=O) groups is 1. The van der Waals surface area contributed by atoms with E-state index in [-0.39, 0.29) is 17.9 Å². The molecule has 0 saturated heterocycles. The van der Waals surface area contributed by atoms with Crippen LogP contribution in [0.2, 0.25) is 0 Å². The maximum Gasteiger partial charge on any atom is 0.417 e. The van der Waals surface area contributed by atoms with E-state index in [0.29, 0.717) is 6.08 Å². The lowest BCUT2D eigenvalue weighted by Crippen LogP contribution is -2.15. The van der Waals surface area contributed by atoms with Crippen molar-refractivity contribution in [2.75, 3.05) is 0 Å². The minimum atomic E-state index is -4.65. The van der Waals surface area contributed by atoms with Gasteiger partial charge in [0, 0.05) is 6.08 Å². The molecule has 0 radical (unpaired) electrons. The molecule has 2 aromatic rings. The predicted octanol–water partition coefficient (Wildman–Crippen LogP) is 4.79. The van der Waals surface area contributed by atoms with Crippen LogP contribution in [0.5, 0.6) is 0 Å². The van der Waals surface area contributed by atoms with Crippen molar-refractivity contribution in [3.05, 3.63) is 77.9 Å². The van der Waals surface area contributed by atoms with Crippen LogP contribution in [0.3, 0.4) is 0 Å². The summed E-state index contributed by atoms with van der Waals surface area (Å²) in [5.41, 5.74) is -0.423. The number of nitrogens with zero attached hydrogens (tertiary/aromatic N) is 1. The van der Waals surface area contributed by atoms with Gasteiger partial charge in [0.1, 0.15) is 12.3 Å². The monoisotopic (exact) mass is 347 g/mol. The maximum absolute atomic E-state index is 13.2. The number of alkyl halides is 3. The lowest BCUT2D eigenvalue weighted by molar-refractivity contribution is -0.109. The van der Waals surface area contributed by atoms with Gasteiger partial charge in [0.15, 0.2) is 0 Å². The van der Waals surface area contributed by atoms with Gasteiger partial charge in [-0.3, -0.25) is 4.79 Å². The van der Waals surface area contributed by atoms with Crippen molar-refractivity contribution in [3.63, 3.8) is 0 Å². The Bertz CT molecular complexity index is 766. The van der Waals surface area contributed by atoms with E-state index >= 15 is 0 Å². The van der Waals surface area contributed by atoms with Crippen molar-refractivity contribution in [1.82, 2.24) is 0 Å². The van der Waals surface area contributed by atoms with Crippen LogP contribution in [0.25, 0.3) is 5.57 Å². The van der Waals surface area contributed by atoms with Crippen LogP contribution >= 0.6 is 0 Å². The molecule has 0 aliphatic rings. The molecule has 0 bridgehead atoms. The van der Waals surface area contributed by atoms with Crippen molar-refractivity contribution in [1.29, 1.82) is 0 Å². The zero-order chi connectivity index (χ0) is 18.3. The van der Waals surface area contributed by atoms with Crippen LogP contribution in [0.4, 0.5) is 13.2 Å². The van der Waals surface area contributed by atoms with Gasteiger partial charge in [0.05, 0.1) is 5.57 Å². The van der Waals surface area contributed by atoms with Crippen molar-refractivity contribution in [2.24, 2.45) is 5.16 Å². The number of rotatable bonds is 6. The molecule has 0 saturated carbocycles. The smallest absolute Gasteiger partial charge is 0.391 e. The van der Waals surface area contributed by atoms with Crippen molar-refractivity contribution in [2.45, 2.75) is 19.7 Å². The van der Waals surface area contributed by atoms with Crippen LogP contribution in [0.1, 0.15) is 18.1 Å². The van der Waals surface area contributed by atoms with Crippen molar-refractivity contribution < 1.29 is 22.8 Å². The summed E-state index contributed by atoms with van der Waals surface area (Å²) >= 11 is 0. The third kappa shape index (κ3) is 5.60. The molecule has 2 aromatic carbocycles. The molecule has 0 amide bonds. The van der Waals surface area contributed by atoms with Gasteiger partial charge < -0.3 is 4.84 Å². The average molecular weight is 347 g/mol. The molecule has 0 atom stereocenters. The number of allylic oxidation sites excluding steroid dienone is 2. The third-order valence-electron chi connectivity index (χ3n) is 3.30. The molecule has 3 nitrogen and oxygen atoms in total. The fourth-order valence-electron chi connectivity index (χ4n) is 2.00. The Labute approximate surface area is 143 Å². The molecule has 0 unspecified atom stereocenters. The molecule has 0 spiro atoms. The number of ketones is 1. The summed E-state index contributed by atoms with van der Waals surface area (Å²) in [6.45, 7) is 1.43. The minimum absolute atomic E-state index is 0.0821. The molecular weight excluding hydrogens is 331 g/mol. The fourth-order valence-corrected chi connectivity index (χ4v) is 2.00. The molecular formula is C19H16F3NO2. The molecule has 130 valence electrons. The van der Waals surface area contributed by atoms with Crippen molar-refractivity contribution in [3.8, 4) is 0 Å². The first-order chi connectivity index (χ1) is 11.9. The van der Waals surface area contributed by atoms with E-state index in [9.17, 15) is 18.0 Å². The summed E-state index contributed by atoms with van der Waals surface area (Å²) in [5.74, 6) is -0.857. The molecule has 0 aromatic heterocycles. The van der Waals surface area contributed by atoms with Gasteiger partial charge in [-0.15, -0.1) is 0 Å². The summed E-state index contributed by atoms with van der Waals surface area (Å²) < 4.78 is 39.6. The molecule has 0 aliphatic carbocycles. The molecule has 6 heteroatoms. The van der Waals surface area contributed by atoms with Gasteiger partial charge in [-0.1, -0.05) is 65.8 Å². The normalized spacial score (nSPS) is 12.8. The number of oxime groups is 1. The Morgan fingerprint density at radius 3 is 2.16 bits per heavy atom. The van der Waals surface area contributed by atoms with E-state index in [1.807, 2.05) is 30.3 Å². The lowest BCUT2D eigenvalue weighted by Gasteiger charge is -2.11. The standard InChI is InChI=1S/C19H16F3NO2/c1-14(23-25-13-15-8-4-2-5-9-15)18(24)12-17(19(20,21)22)16-10-6-3-7-11-16/h2-12H,13H2,1H3/b17-12-,23-14+. The molecule has 0 fully saturated rings. The van der Waals surface area contributed by atoms with Crippen LogP contribution in [-0.2, 0) is 16.2 Å². The molecule has 2 rings (SSSR count). The van der Waals surface area contributed by atoms with Crippen LogP contribution in [0.15, 0.2) is 71.9 Å². The van der Waals surface area contributed by atoms with Crippen molar-refractivity contribution >= 4 is 17.1 Å².